The largest absolute Gasteiger partial charge is 0.490 e. The highest BCUT2D eigenvalue weighted by Gasteiger charge is 2.27. The average molecular weight is 430 g/mol. The lowest BCUT2D eigenvalue weighted by molar-refractivity contribution is -0.120. The van der Waals surface area contributed by atoms with Crippen molar-refractivity contribution >= 4 is 22.8 Å². The summed E-state index contributed by atoms with van der Waals surface area (Å²) >= 11 is 0. The first-order valence-electron chi connectivity index (χ1n) is 9.64. The van der Waals surface area contributed by atoms with Gasteiger partial charge in [0.2, 0.25) is 5.91 Å². The van der Waals surface area contributed by atoms with Crippen molar-refractivity contribution in [1.82, 2.24) is 5.32 Å². The molecule has 0 bridgehead atoms. The summed E-state index contributed by atoms with van der Waals surface area (Å²) < 4.78 is 38.6. The van der Waals surface area contributed by atoms with Gasteiger partial charge in [-0.1, -0.05) is 0 Å². The Balaban J connectivity index is 1.57. The van der Waals surface area contributed by atoms with E-state index < -0.39 is 36.1 Å². The van der Waals surface area contributed by atoms with Gasteiger partial charge >= 0.3 is 0 Å². The molecule has 3 aromatic rings. The van der Waals surface area contributed by atoms with Gasteiger partial charge < -0.3 is 25.3 Å². The van der Waals surface area contributed by atoms with E-state index in [9.17, 15) is 23.5 Å². The van der Waals surface area contributed by atoms with Crippen LogP contribution in [0.15, 0.2) is 34.7 Å². The standard InChI is InChI=1S/C22H20F2N2O5/c1-10-20(22(29)26-18(9-27)21(25)28)15-8-13(2-3-19(15)30-10)31-14-4-11-6-16(23)17(24)7-12(11)5-14/h2-3,6-8,14,18,27H,4-5,9H2,1H3,(H2,25,28)(H,26,29)/t18-/m0/s1. The maximum absolute atomic E-state index is 13.5. The van der Waals surface area contributed by atoms with E-state index in [-0.39, 0.29) is 11.7 Å². The highest BCUT2D eigenvalue weighted by molar-refractivity contribution is 6.08. The molecule has 31 heavy (non-hydrogen) atoms. The number of nitrogens with one attached hydrogen (secondary N) is 1. The number of amides is 2. The number of fused-ring (bicyclic) bond motifs is 2. The van der Waals surface area contributed by atoms with Gasteiger partial charge in [0.15, 0.2) is 11.6 Å². The van der Waals surface area contributed by atoms with Crippen LogP contribution in [0, 0.1) is 18.6 Å². The molecule has 1 aromatic heterocycles. The maximum Gasteiger partial charge on any atom is 0.256 e. The van der Waals surface area contributed by atoms with Crippen molar-refractivity contribution in [2.45, 2.75) is 31.9 Å². The van der Waals surface area contributed by atoms with Crippen molar-refractivity contribution in [3.8, 4) is 5.75 Å². The molecule has 9 heteroatoms. The van der Waals surface area contributed by atoms with Crippen LogP contribution in [0.2, 0.25) is 0 Å². The van der Waals surface area contributed by atoms with Crippen LogP contribution in [-0.2, 0) is 17.6 Å². The van der Waals surface area contributed by atoms with E-state index in [1.165, 1.54) is 12.1 Å². The highest BCUT2D eigenvalue weighted by Crippen LogP contribution is 2.32. The number of furan rings is 1. The number of nitrogens with two attached hydrogens (primary N) is 1. The molecule has 1 atom stereocenters. The van der Waals surface area contributed by atoms with E-state index in [1.54, 1.807) is 25.1 Å². The van der Waals surface area contributed by atoms with Crippen LogP contribution in [0.25, 0.3) is 11.0 Å². The van der Waals surface area contributed by atoms with E-state index >= 15 is 0 Å². The molecule has 0 fully saturated rings. The summed E-state index contributed by atoms with van der Waals surface area (Å²) in [6, 6.07) is 6.10. The first-order valence-corrected chi connectivity index (χ1v) is 9.64. The second-order valence-corrected chi connectivity index (χ2v) is 7.49. The third-order valence-electron chi connectivity index (χ3n) is 5.33. The number of aryl methyl sites for hydroxylation is 1. The van der Waals surface area contributed by atoms with Crippen LogP contribution >= 0.6 is 0 Å². The number of aliphatic hydroxyl groups excluding tert-OH is 1. The number of ether oxygens (including phenoxy) is 1. The molecule has 0 unspecified atom stereocenters. The number of benzene rings is 2. The van der Waals surface area contributed by atoms with Crippen LogP contribution in [-0.4, -0.2) is 35.7 Å². The molecule has 0 aliphatic heterocycles. The highest BCUT2D eigenvalue weighted by atomic mass is 19.2. The molecule has 4 rings (SSSR count). The molecule has 1 heterocycles. The van der Waals surface area contributed by atoms with Crippen LogP contribution in [0.3, 0.4) is 0 Å². The molecule has 1 aliphatic rings. The zero-order chi connectivity index (χ0) is 22.3. The Bertz CT molecular complexity index is 1160. The summed E-state index contributed by atoms with van der Waals surface area (Å²) in [5, 5.41) is 12.1. The quantitative estimate of drug-likeness (QED) is 0.554. The van der Waals surface area contributed by atoms with E-state index in [1.807, 2.05) is 0 Å². The van der Waals surface area contributed by atoms with Gasteiger partial charge in [0.25, 0.3) is 5.91 Å². The van der Waals surface area contributed by atoms with E-state index in [0.717, 1.165) is 0 Å². The first-order chi connectivity index (χ1) is 14.8. The molecule has 0 spiro atoms. The SMILES string of the molecule is Cc1oc2ccc(OC3Cc4cc(F)c(F)cc4C3)cc2c1C(=O)N[C@@H](CO)C(N)=O. The fraction of sp³-hybridized carbons (Fsp3) is 0.273. The topological polar surface area (TPSA) is 115 Å². The maximum atomic E-state index is 13.5. The first kappa shape index (κ1) is 20.8. The van der Waals surface area contributed by atoms with E-state index in [2.05, 4.69) is 5.32 Å². The zero-order valence-electron chi connectivity index (χ0n) is 16.6. The minimum atomic E-state index is -1.23. The number of rotatable bonds is 6. The normalized spacial score (nSPS) is 14.5. The van der Waals surface area contributed by atoms with E-state index in [0.29, 0.717) is 46.4 Å². The minimum absolute atomic E-state index is 0.194. The average Bonchev–Trinajstić information content (AvgIpc) is 3.24. The molecular weight excluding hydrogens is 410 g/mol. The van der Waals surface area contributed by atoms with Gasteiger partial charge in [-0.2, -0.15) is 0 Å². The summed E-state index contributed by atoms with van der Waals surface area (Å²) in [7, 11) is 0. The molecular formula is C22H20F2N2O5. The summed E-state index contributed by atoms with van der Waals surface area (Å²) in [6.45, 7) is 0.970. The molecule has 7 nitrogen and oxygen atoms in total. The van der Waals surface area contributed by atoms with Gasteiger partial charge in [0.1, 0.15) is 29.2 Å². The summed E-state index contributed by atoms with van der Waals surface area (Å²) in [6.07, 6.45) is 0.547. The smallest absolute Gasteiger partial charge is 0.256 e. The van der Waals surface area contributed by atoms with Crippen molar-refractivity contribution in [1.29, 1.82) is 0 Å². The molecule has 0 saturated heterocycles. The Hall–Kier alpha value is -3.46. The number of primary amides is 1. The van der Waals surface area contributed by atoms with Gasteiger partial charge in [0, 0.05) is 18.2 Å². The Labute approximate surface area is 175 Å². The molecule has 2 amide bonds. The predicted molar refractivity (Wildman–Crippen MR) is 107 cm³/mol. The Kier molecular flexibility index (Phi) is 5.36. The van der Waals surface area contributed by atoms with Crippen molar-refractivity contribution in [3.63, 3.8) is 0 Å². The van der Waals surface area contributed by atoms with Crippen LogP contribution in [0.1, 0.15) is 27.2 Å². The van der Waals surface area contributed by atoms with Gasteiger partial charge in [-0.25, -0.2) is 8.78 Å². The van der Waals surface area contributed by atoms with Gasteiger partial charge in [0.05, 0.1) is 12.2 Å². The predicted octanol–water partition coefficient (Wildman–Crippen LogP) is 2.14. The number of hydrogen-bond acceptors (Lipinski definition) is 5. The fourth-order valence-electron chi connectivity index (χ4n) is 3.84. The van der Waals surface area contributed by atoms with Crippen molar-refractivity contribution < 1.29 is 32.6 Å². The van der Waals surface area contributed by atoms with Gasteiger partial charge in [-0.3, -0.25) is 9.59 Å². The molecule has 0 saturated carbocycles. The van der Waals surface area contributed by atoms with Gasteiger partial charge in [-0.05, 0) is 48.4 Å². The number of carbonyl (C=O) groups is 2. The molecule has 0 radical (unpaired) electrons. The molecule has 162 valence electrons. The molecule has 4 N–H and O–H groups in total. The fourth-order valence-corrected chi connectivity index (χ4v) is 3.84. The van der Waals surface area contributed by atoms with Gasteiger partial charge in [-0.15, -0.1) is 0 Å². The minimum Gasteiger partial charge on any atom is -0.490 e. The zero-order valence-corrected chi connectivity index (χ0v) is 16.6. The summed E-state index contributed by atoms with van der Waals surface area (Å²) in [4.78, 5) is 24.0. The number of carbonyl (C=O) groups excluding carboxylic acids is 2. The van der Waals surface area contributed by atoms with Crippen LogP contribution < -0.4 is 15.8 Å². The summed E-state index contributed by atoms with van der Waals surface area (Å²) in [5.41, 5.74) is 7.20. The Morgan fingerprint density at radius 3 is 2.45 bits per heavy atom. The third kappa shape index (κ3) is 3.96. The lowest BCUT2D eigenvalue weighted by Crippen LogP contribution is -2.46. The van der Waals surface area contributed by atoms with Crippen molar-refractivity contribution in [2.75, 3.05) is 6.61 Å². The van der Waals surface area contributed by atoms with Crippen molar-refractivity contribution in [3.05, 3.63) is 64.4 Å². The Morgan fingerprint density at radius 1 is 1.23 bits per heavy atom. The number of halogens is 2. The number of aliphatic hydroxyl groups is 1. The second-order valence-electron chi connectivity index (χ2n) is 7.49. The monoisotopic (exact) mass is 430 g/mol. The Morgan fingerprint density at radius 2 is 1.87 bits per heavy atom. The van der Waals surface area contributed by atoms with Crippen LogP contribution in [0.5, 0.6) is 5.75 Å². The molecule has 1 aliphatic carbocycles. The number of hydrogen-bond donors (Lipinski definition) is 3. The van der Waals surface area contributed by atoms with Crippen LogP contribution in [0.4, 0.5) is 8.78 Å². The molecule has 2 aromatic carbocycles. The third-order valence-corrected chi connectivity index (χ3v) is 5.33. The lowest BCUT2D eigenvalue weighted by atomic mass is 10.1. The lowest BCUT2D eigenvalue weighted by Gasteiger charge is -2.14. The van der Waals surface area contributed by atoms with Crippen molar-refractivity contribution in [2.24, 2.45) is 5.73 Å². The summed E-state index contributed by atoms with van der Waals surface area (Å²) in [5.74, 6) is -2.48. The van der Waals surface area contributed by atoms with E-state index in [4.69, 9.17) is 14.9 Å². The second kappa shape index (κ2) is 7.99.